The Morgan fingerprint density at radius 1 is 1.30 bits per heavy atom. The molecular formula is C18H22BrNO3. The molecule has 23 heavy (non-hydrogen) atoms. The number of likely N-dealkylation sites (tertiary alicyclic amines) is 1. The molecule has 2 atom stereocenters. The predicted molar refractivity (Wildman–Crippen MR) is 90.9 cm³/mol. The summed E-state index contributed by atoms with van der Waals surface area (Å²) in [7, 11) is 1.78. The SMILES string of the molecule is CN1CC[C@H](C(=O)O[C@H]2CCCCc3c(Br)cccc32)CC1=O. The molecule has 1 heterocycles. The number of hydrogen-bond donors (Lipinski definition) is 0. The molecule has 5 heteroatoms. The maximum Gasteiger partial charge on any atom is 0.310 e. The lowest BCUT2D eigenvalue weighted by Crippen LogP contribution is -2.39. The lowest BCUT2D eigenvalue weighted by Gasteiger charge is -2.29. The van der Waals surface area contributed by atoms with Crippen molar-refractivity contribution in [3.63, 3.8) is 0 Å². The van der Waals surface area contributed by atoms with Crippen molar-refractivity contribution >= 4 is 27.8 Å². The monoisotopic (exact) mass is 379 g/mol. The van der Waals surface area contributed by atoms with E-state index in [4.69, 9.17) is 4.74 Å². The number of amides is 1. The summed E-state index contributed by atoms with van der Waals surface area (Å²) in [6.45, 7) is 0.630. The van der Waals surface area contributed by atoms with Crippen LogP contribution in [-0.4, -0.2) is 30.4 Å². The second kappa shape index (κ2) is 7.04. The molecule has 0 spiro atoms. The molecule has 1 fully saturated rings. The van der Waals surface area contributed by atoms with Gasteiger partial charge in [-0.3, -0.25) is 9.59 Å². The van der Waals surface area contributed by atoms with E-state index < -0.39 is 0 Å². The highest BCUT2D eigenvalue weighted by atomic mass is 79.9. The van der Waals surface area contributed by atoms with E-state index in [1.165, 1.54) is 5.56 Å². The Labute approximate surface area is 145 Å². The Bertz CT molecular complexity index is 616. The topological polar surface area (TPSA) is 46.6 Å². The summed E-state index contributed by atoms with van der Waals surface area (Å²) in [4.78, 5) is 26.0. The predicted octanol–water partition coefficient (Wildman–Crippen LogP) is 3.63. The zero-order valence-corrected chi connectivity index (χ0v) is 15.0. The highest BCUT2D eigenvalue weighted by Crippen LogP contribution is 2.36. The first kappa shape index (κ1) is 16.5. The number of hydrogen-bond acceptors (Lipinski definition) is 3. The van der Waals surface area contributed by atoms with Crippen molar-refractivity contribution in [1.29, 1.82) is 0 Å². The zero-order valence-electron chi connectivity index (χ0n) is 13.4. The molecule has 3 rings (SSSR count). The van der Waals surface area contributed by atoms with Crippen LogP contribution < -0.4 is 0 Å². The molecule has 1 aromatic carbocycles. The first-order valence-electron chi connectivity index (χ1n) is 8.28. The molecule has 0 unspecified atom stereocenters. The van der Waals surface area contributed by atoms with Crippen molar-refractivity contribution in [3.8, 4) is 0 Å². The minimum Gasteiger partial charge on any atom is -0.457 e. The van der Waals surface area contributed by atoms with Crippen LogP contribution >= 0.6 is 15.9 Å². The summed E-state index contributed by atoms with van der Waals surface area (Å²) in [6.07, 6.45) is 4.80. The minimum atomic E-state index is -0.294. The molecule has 4 nitrogen and oxygen atoms in total. The standard InChI is InChI=1S/C18H22BrNO3/c1-20-10-9-12(11-17(20)21)18(22)23-16-8-3-2-5-13-14(16)6-4-7-15(13)19/h4,6-7,12,16H,2-3,5,8-11H2,1H3/t12-,16-/m0/s1. The van der Waals surface area contributed by atoms with Gasteiger partial charge in [-0.15, -0.1) is 0 Å². The molecular weight excluding hydrogens is 358 g/mol. The van der Waals surface area contributed by atoms with Gasteiger partial charge in [0.1, 0.15) is 6.10 Å². The first-order valence-corrected chi connectivity index (χ1v) is 9.07. The highest BCUT2D eigenvalue weighted by Gasteiger charge is 2.32. The largest absolute Gasteiger partial charge is 0.457 e. The van der Waals surface area contributed by atoms with E-state index in [-0.39, 0.29) is 30.3 Å². The van der Waals surface area contributed by atoms with Gasteiger partial charge in [-0.2, -0.15) is 0 Å². The van der Waals surface area contributed by atoms with Crippen LogP contribution in [0.1, 0.15) is 49.3 Å². The molecule has 1 aliphatic carbocycles. The summed E-state index contributed by atoms with van der Waals surface area (Å²) in [5.74, 6) is -0.482. The summed E-state index contributed by atoms with van der Waals surface area (Å²) in [5.41, 5.74) is 2.37. The normalized spacial score (nSPS) is 24.8. The molecule has 0 radical (unpaired) electrons. The average Bonchev–Trinajstić information content (AvgIpc) is 2.74. The number of halogens is 1. The highest BCUT2D eigenvalue weighted by molar-refractivity contribution is 9.10. The number of ether oxygens (including phenoxy) is 1. The third-order valence-corrected chi connectivity index (χ3v) is 5.64. The van der Waals surface area contributed by atoms with Gasteiger partial charge in [-0.25, -0.2) is 0 Å². The molecule has 2 aliphatic rings. The minimum absolute atomic E-state index is 0.0298. The summed E-state index contributed by atoms with van der Waals surface area (Å²) >= 11 is 3.61. The maximum atomic E-state index is 12.5. The van der Waals surface area contributed by atoms with Gasteiger partial charge < -0.3 is 9.64 Å². The van der Waals surface area contributed by atoms with Gasteiger partial charge in [-0.1, -0.05) is 28.1 Å². The van der Waals surface area contributed by atoms with E-state index >= 15 is 0 Å². The van der Waals surface area contributed by atoms with Crippen molar-refractivity contribution in [2.75, 3.05) is 13.6 Å². The van der Waals surface area contributed by atoms with Crippen LogP contribution in [0.4, 0.5) is 0 Å². The molecule has 1 saturated heterocycles. The van der Waals surface area contributed by atoms with Gasteiger partial charge in [0, 0.05) is 24.5 Å². The third-order valence-electron chi connectivity index (χ3n) is 4.90. The Morgan fingerprint density at radius 2 is 2.13 bits per heavy atom. The van der Waals surface area contributed by atoms with E-state index in [0.29, 0.717) is 13.0 Å². The number of piperidine rings is 1. The summed E-state index contributed by atoms with van der Waals surface area (Å²) in [6, 6.07) is 6.09. The van der Waals surface area contributed by atoms with Gasteiger partial charge in [0.15, 0.2) is 0 Å². The van der Waals surface area contributed by atoms with Crippen LogP contribution in [0, 0.1) is 5.92 Å². The quantitative estimate of drug-likeness (QED) is 0.582. The number of fused-ring (bicyclic) bond motifs is 1. The van der Waals surface area contributed by atoms with E-state index in [2.05, 4.69) is 22.0 Å². The van der Waals surface area contributed by atoms with Crippen molar-refractivity contribution in [2.24, 2.45) is 5.92 Å². The van der Waals surface area contributed by atoms with Gasteiger partial charge in [0.05, 0.1) is 5.92 Å². The van der Waals surface area contributed by atoms with Crippen LogP contribution in [0.15, 0.2) is 22.7 Å². The molecule has 1 amide bonds. The lowest BCUT2D eigenvalue weighted by molar-refractivity contribution is -0.159. The van der Waals surface area contributed by atoms with Crippen LogP contribution in [0.3, 0.4) is 0 Å². The summed E-state index contributed by atoms with van der Waals surface area (Å²) < 4.78 is 6.94. The number of carbonyl (C=O) groups excluding carboxylic acids is 2. The third kappa shape index (κ3) is 3.60. The van der Waals surface area contributed by atoms with E-state index in [0.717, 1.165) is 35.7 Å². The Balaban J connectivity index is 1.74. The number of carbonyl (C=O) groups is 2. The number of rotatable bonds is 2. The molecule has 124 valence electrons. The van der Waals surface area contributed by atoms with Gasteiger partial charge in [0.2, 0.25) is 5.91 Å². The molecule has 1 aliphatic heterocycles. The second-order valence-electron chi connectivity index (χ2n) is 6.48. The van der Waals surface area contributed by atoms with Crippen LogP contribution in [0.25, 0.3) is 0 Å². The van der Waals surface area contributed by atoms with E-state index in [9.17, 15) is 9.59 Å². The fraction of sp³-hybridized carbons (Fsp3) is 0.556. The van der Waals surface area contributed by atoms with Crippen LogP contribution in [-0.2, 0) is 20.7 Å². The van der Waals surface area contributed by atoms with E-state index in [1.807, 2.05) is 12.1 Å². The first-order chi connectivity index (χ1) is 11.1. The Hall–Kier alpha value is -1.36. The Morgan fingerprint density at radius 3 is 2.91 bits per heavy atom. The molecule has 1 aromatic rings. The van der Waals surface area contributed by atoms with Gasteiger partial charge >= 0.3 is 5.97 Å². The van der Waals surface area contributed by atoms with E-state index in [1.54, 1.807) is 11.9 Å². The molecule has 0 bridgehead atoms. The smallest absolute Gasteiger partial charge is 0.310 e. The van der Waals surface area contributed by atoms with Gasteiger partial charge in [-0.05, 0) is 49.3 Å². The van der Waals surface area contributed by atoms with Crippen molar-refractivity contribution in [1.82, 2.24) is 4.90 Å². The number of esters is 1. The second-order valence-corrected chi connectivity index (χ2v) is 7.34. The van der Waals surface area contributed by atoms with Crippen molar-refractivity contribution < 1.29 is 14.3 Å². The van der Waals surface area contributed by atoms with Crippen molar-refractivity contribution in [2.45, 2.75) is 44.6 Å². The molecule has 0 N–H and O–H groups in total. The maximum absolute atomic E-state index is 12.5. The number of nitrogens with zero attached hydrogens (tertiary/aromatic N) is 1. The van der Waals surface area contributed by atoms with Crippen LogP contribution in [0.2, 0.25) is 0 Å². The number of benzene rings is 1. The fourth-order valence-corrected chi connectivity index (χ4v) is 4.01. The zero-order chi connectivity index (χ0) is 16.4. The molecule has 0 saturated carbocycles. The molecule has 0 aromatic heterocycles. The van der Waals surface area contributed by atoms with Crippen molar-refractivity contribution in [3.05, 3.63) is 33.8 Å². The summed E-state index contributed by atoms with van der Waals surface area (Å²) in [5, 5.41) is 0. The average molecular weight is 380 g/mol. The van der Waals surface area contributed by atoms with Gasteiger partial charge in [0.25, 0.3) is 0 Å². The lowest BCUT2D eigenvalue weighted by atomic mass is 9.96. The van der Waals surface area contributed by atoms with Crippen LogP contribution in [0.5, 0.6) is 0 Å². The fourth-order valence-electron chi connectivity index (χ4n) is 3.43. The Kier molecular flexibility index (Phi) is 5.05.